The fourth-order valence-electron chi connectivity index (χ4n) is 1.84. The van der Waals surface area contributed by atoms with E-state index in [1.807, 2.05) is 44.2 Å². The molecule has 2 rings (SSSR count). The highest BCUT2D eigenvalue weighted by molar-refractivity contribution is 5.50. The van der Waals surface area contributed by atoms with Crippen molar-refractivity contribution in [1.29, 1.82) is 5.26 Å². The smallest absolute Gasteiger partial charge is 0.139 e. The lowest BCUT2D eigenvalue weighted by molar-refractivity contribution is 0.410. The van der Waals surface area contributed by atoms with E-state index in [4.69, 9.17) is 10.00 Å². The van der Waals surface area contributed by atoms with Crippen molar-refractivity contribution in [3.8, 4) is 11.8 Å². The summed E-state index contributed by atoms with van der Waals surface area (Å²) in [5.74, 6) is 0.683. The number of methoxy groups -OCH3 is 1. The predicted molar refractivity (Wildman–Crippen MR) is 99.7 cm³/mol. The summed E-state index contributed by atoms with van der Waals surface area (Å²) in [7, 11) is 3.08. The highest BCUT2D eigenvalue weighted by Crippen LogP contribution is 2.23. The van der Waals surface area contributed by atoms with Crippen LogP contribution in [0.1, 0.15) is 22.3 Å². The second kappa shape index (κ2) is 14.4. The van der Waals surface area contributed by atoms with Crippen molar-refractivity contribution in [3.05, 3.63) is 77.9 Å². The quantitative estimate of drug-likeness (QED) is 0.785. The van der Waals surface area contributed by atoms with Gasteiger partial charge in [0.15, 0.2) is 0 Å². The first kappa shape index (κ1) is 22.7. The molecule has 0 unspecified atom stereocenters. The van der Waals surface area contributed by atoms with Crippen LogP contribution in [0.15, 0.2) is 55.6 Å². The number of rotatable bonds is 1. The van der Waals surface area contributed by atoms with Gasteiger partial charge in [-0.2, -0.15) is 5.26 Å². The Morgan fingerprint density at radius 2 is 1.48 bits per heavy atom. The molecule has 0 spiro atoms. The molecule has 23 heavy (non-hydrogen) atoms. The van der Waals surface area contributed by atoms with E-state index in [0.717, 1.165) is 11.1 Å². The summed E-state index contributed by atoms with van der Waals surface area (Å²) < 4.78 is 5.10. The normalized spacial score (nSPS) is 7.87. The molecule has 0 saturated heterocycles. The molecule has 124 valence electrons. The molecule has 2 N–H and O–H groups in total. The molecule has 0 aromatic heterocycles. The summed E-state index contributed by atoms with van der Waals surface area (Å²) in [6, 6.07) is 16.2. The molecular formula is C20H28N2O. The van der Waals surface area contributed by atoms with Gasteiger partial charge >= 0.3 is 0 Å². The third-order valence-corrected chi connectivity index (χ3v) is 2.68. The molecule has 0 bridgehead atoms. The minimum Gasteiger partial charge on any atom is -0.495 e. The zero-order chi connectivity index (χ0) is 18.3. The summed E-state index contributed by atoms with van der Waals surface area (Å²) in [5.41, 5.74) is 8.52. The van der Waals surface area contributed by atoms with Crippen LogP contribution in [-0.2, 0) is 0 Å². The second-order valence-electron chi connectivity index (χ2n) is 4.43. The lowest BCUT2D eigenvalue weighted by Gasteiger charge is -2.06. The first-order valence-corrected chi connectivity index (χ1v) is 7.23. The third kappa shape index (κ3) is 9.13. The van der Waals surface area contributed by atoms with Crippen molar-refractivity contribution < 1.29 is 4.74 Å². The van der Waals surface area contributed by atoms with Gasteiger partial charge in [0.25, 0.3) is 0 Å². The van der Waals surface area contributed by atoms with Gasteiger partial charge in [0.05, 0.1) is 12.7 Å². The SMILES string of the molecule is C=C.CN.COc1c(C)cc(C)cc1C#N.Cc1ccccc1. The van der Waals surface area contributed by atoms with Gasteiger partial charge < -0.3 is 10.5 Å². The van der Waals surface area contributed by atoms with E-state index in [1.165, 1.54) is 12.6 Å². The molecule has 3 nitrogen and oxygen atoms in total. The number of hydrogen-bond acceptors (Lipinski definition) is 3. The van der Waals surface area contributed by atoms with Gasteiger partial charge in [-0.1, -0.05) is 42.0 Å². The summed E-state index contributed by atoms with van der Waals surface area (Å²) in [6.07, 6.45) is 0. The largest absolute Gasteiger partial charge is 0.495 e. The van der Waals surface area contributed by atoms with Crippen LogP contribution < -0.4 is 10.5 Å². The first-order chi connectivity index (χ1) is 11.1. The highest BCUT2D eigenvalue weighted by atomic mass is 16.5. The van der Waals surface area contributed by atoms with E-state index in [-0.39, 0.29) is 0 Å². The van der Waals surface area contributed by atoms with Gasteiger partial charge in [-0.25, -0.2) is 0 Å². The summed E-state index contributed by atoms with van der Waals surface area (Å²) in [5, 5.41) is 8.77. The summed E-state index contributed by atoms with van der Waals surface area (Å²) in [6.45, 7) is 12.0. The van der Waals surface area contributed by atoms with Crippen LogP contribution in [-0.4, -0.2) is 14.2 Å². The minimum atomic E-state index is 0.606. The van der Waals surface area contributed by atoms with Crippen LogP contribution in [0.25, 0.3) is 0 Å². The number of hydrogen-bond donors (Lipinski definition) is 1. The molecule has 0 aliphatic carbocycles. The number of ether oxygens (including phenoxy) is 1. The molecule has 0 aliphatic rings. The zero-order valence-corrected chi connectivity index (χ0v) is 14.9. The Hall–Kier alpha value is -2.57. The number of nitrogens with zero attached hydrogens (tertiary/aromatic N) is 1. The molecule has 0 fully saturated rings. The average Bonchev–Trinajstić information content (AvgIpc) is 2.59. The zero-order valence-electron chi connectivity index (χ0n) is 14.9. The fraction of sp³-hybridized carbons (Fsp3) is 0.250. The van der Waals surface area contributed by atoms with Crippen LogP contribution >= 0.6 is 0 Å². The van der Waals surface area contributed by atoms with E-state index in [0.29, 0.717) is 11.3 Å². The van der Waals surface area contributed by atoms with Gasteiger partial charge in [-0.15, -0.1) is 13.2 Å². The van der Waals surface area contributed by atoms with E-state index in [2.05, 4.69) is 44.0 Å². The Bertz CT molecular complexity index is 587. The molecule has 0 heterocycles. The topological polar surface area (TPSA) is 59.0 Å². The van der Waals surface area contributed by atoms with E-state index >= 15 is 0 Å². The maximum atomic E-state index is 8.77. The van der Waals surface area contributed by atoms with E-state index in [9.17, 15) is 0 Å². The maximum absolute atomic E-state index is 8.77. The number of nitriles is 1. The van der Waals surface area contributed by atoms with Crippen LogP contribution in [0.4, 0.5) is 0 Å². The van der Waals surface area contributed by atoms with Crippen LogP contribution in [0.5, 0.6) is 5.75 Å². The molecule has 0 radical (unpaired) electrons. The van der Waals surface area contributed by atoms with E-state index in [1.54, 1.807) is 7.11 Å². The monoisotopic (exact) mass is 312 g/mol. The summed E-state index contributed by atoms with van der Waals surface area (Å²) in [4.78, 5) is 0. The molecule has 2 aromatic carbocycles. The number of aryl methyl sites for hydroxylation is 3. The molecule has 0 amide bonds. The fourth-order valence-corrected chi connectivity index (χ4v) is 1.84. The number of nitrogens with two attached hydrogens (primary N) is 1. The molecule has 0 atom stereocenters. The highest BCUT2D eigenvalue weighted by Gasteiger charge is 2.05. The minimum absolute atomic E-state index is 0.606. The van der Waals surface area contributed by atoms with Crippen molar-refractivity contribution in [2.75, 3.05) is 14.2 Å². The van der Waals surface area contributed by atoms with Crippen molar-refractivity contribution >= 4 is 0 Å². The van der Waals surface area contributed by atoms with Crippen molar-refractivity contribution in [3.63, 3.8) is 0 Å². The average molecular weight is 312 g/mol. The van der Waals surface area contributed by atoms with Gasteiger partial charge in [0, 0.05) is 0 Å². The van der Waals surface area contributed by atoms with Crippen LogP contribution in [0.2, 0.25) is 0 Å². The second-order valence-corrected chi connectivity index (χ2v) is 4.43. The molecule has 3 heteroatoms. The summed E-state index contributed by atoms with van der Waals surface area (Å²) >= 11 is 0. The van der Waals surface area contributed by atoms with Crippen molar-refractivity contribution in [1.82, 2.24) is 0 Å². The third-order valence-electron chi connectivity index (χ3n) is 2.68. The van der Waals surface area contributed by atoms with Crippen molar-refractivity contribution in [2.24, 2.45) is 5.73 Å². The molecule has 0 saturated carbocycles. The lowest BCUT2D eigenvalue weighted by Crippen LogP contribution is -1.92. The van der Waals surface area contributed by atoms with E-state index < -0.39 is 0 Å². The van der Waals surface area contributed by atoms with Crippen LogP contribution in [0, 0.1) is 32.1 Å². The van der Waals surface area contributed by atoms with Gasteiger partial charge in [-0.05, 0) is 45.0 Å². The predicted octanol–water partition coefficient (Wildman–Crippen LogP) is 4.56. The molecule has 0 aliphatic heterocycles. The van der Waals surface area contributed by atoms with Crippen molar-refractivity contribution in [2.45, 2.75) is 20.8 Å². The van der Waals surface area contributed by atoms with Crippen LogP contribution in [0.3, 0.4) is 0 Å². The molecular weight excluding hydrogens is 284 g/mol. The number of benzene rings is 2. The lowest BCUT2D eigenvalue weighted by atomic mass is 10.1. The van der Waals surface area contributed by atoms with Gasteiger partial charge in [0.2, 0.25) is 0 Å². The Morgan fingerprint density at radius 1 is 0.957 bits per heavy atom. The van der Waals surface area contributed by atoms with Gasteiger partial charge in [-0.3, -0.25) is 0 Å². The van der Waals surface area contributed by atoms with Gasteiger partial charge in [0.1, 0.15) is 11.8 Å². The molecule has 2 aromatic rings. The first-order valence-electron chi connectivity index (χ1n) is 7.23. The Morgan fingerprint density at radius 3 is 1.83 bits per heavy atom. The maximum Gasteiger partial charge on any atom is 0.139 e. The Labute approximate surface area is 141 Å². The Kier molecular flexibility index (Phi) is 14.2. The Balaban J connectivity index is 0. The standard InChI is InChI=1S/C10H11NO.C7H8.C2H4.CH5N/c1-7-4-8(2)10(12-3)9(5-7)6-11;1-7-5-3-2-4-6-7;2*1-2/h4-5H,1-3H3;2-6H,1H3;1-2H2;2H2,1H3.